The Bertz CT molecular complexity index is 1020. The maximum absolute atomic E-state index is 13.4. The predicted octanol–water partition coefficient (Wildman–Crippen LogP) is 3.96. The number of benzene rings is 2. The first kappa shape index (κ1) is 28.0. The van der Waals surface area contributed by atoms with Gasteiger partial charge in [-0.3, -0.25) is 13.8 Å². The second-order valence-electron chi connectivity index (χ2n) is 7.71. The van der Waals surface area contributed by atoms with Gasteiger partial charge in [-0.1, -0.05) is 74.0 Å². The molecule has 2 rings (SSSR count). The summed E-state index contributed by atoms with van der Waals surface area (Å²) in [5.41, 5.74) is 7.51. The predicted molar refractivity (Wildman–Crippen MR) is 131 cm³/mol. The first-order chi connectivity index (χ1) is 16.7. The molecule has 0 aliphatic rings. The van der Waals surface area contributed by atoms with Crippen molar-refractivity contribution in [3.05, 3.63) is 71.8 Å². The average molecular weight is 506 g/mol. The lowest BCUT2D eigenvalue weighted by molar-refractivity contribution is -0.150. The molecule has 0 bridgehead atoms. The molecule has 0 aliphatic carbocycles. The quantitative estimate of drug-likeness (QED) is 0.128. The molecule has 0 aromatic heterocycles. The second-order valence-corrected chi connectivity index (χ2v) is 9.36. The molecule has 2 unspecified atom stereocenters. The number of hydrogen-bond acceptors (Lipinski definition) is 6. The first-order valence-electron chi connectivity index (χ1n) is 11.2. The zero-order valence-corrected chi connectivity index (χ0v) is 20.8. The van der Waals surface area contributed by atoms with Gasteiger partial charge >= 0.3 is 19.7 Å². The van der Waals surface area contributed by atoms with Gasteiger partial charge < -0.3 is 20.5 Å². The number of carboxylic acid groups (broad SMARTS) is 1. The molecule has 2 aromatic rings. The minimum Gasteiger partial charge on any atom is -0.480 e. The molecule has 35 heavy (non-hydrogen) atoms. The van der Waals surface area contributed by atoms with Gasteiger partial charge in [0.05, 0.1) is 6.61 Å². The summed E-state index contributed by atoms with van der Waals surface area (Å²) < 4.78 is 32.9. The lowest BCUT2D eigenvalue weighted by atomic mass is 10.1. The Kier molecular flexibility index (Phi) is 11.4. The van der Waals surface area contributed by atoms with E-state index >= 15 is 0 Å². The van der Waals surface area contributed by atoms with Crippen molar-refractivity contribution in [1.29, 1.82) is 0 Å². The van der Waals surface area contributed by atoms with E-state index in [4.69, 9.17) is 19.5 Å². The molecule has 2 aromatic carbocycles. The Hall–Kier alpha value is -3.20. The highest BCUT2D eigenvalue weighted by atomic mass is 31.2. The molecule has 2 atom stereocenters. The Morgan fingerprint density at radius 2 is 1.66 bits per heavy atom. The maximum Gasteiger partial charge on any atom is 0.460 e. The number of guanidine groups is 1. The number of nitrogens with two attached hydrogens (primary N) is 1. The third kappa shape index (κ3) is 9.90. The van der Waals surface area contributed by atoms with Crippen molar-refractivity contribution in [2.24, 2.45) is 10.5 Å². The summed E-state index contributed by atoms with van der Waals surface area (Å²) in [6, 6.07) is 16.8. The summed E-state index contributed by atoms with van der Waals surface area (Å²) in [7, 11) is -2.85. The molecule has 0 fully saturated rings. The fraction of sp³-hybridized carbons (Fsp3) is 0.375. The van der Waals surface area contributed by atoms with E-state index in [9.17, 15) is 19.3 Å². The Morgan fingerprint density at radius 1 is 1.06 bits per heavy atom. The molecule has 0 aliphatic heterocycles. The monoisotopic (exact) mass is 505 g/mol. The van der Waals surface area contributed by atoms with Crippen LogP contribution in [0, 0.1) is 0 Å². The molecular formula is C24H32N3O7P. The van der Waals surface area contributed by atoms with Gasteiger partial charge in [-0.2, -0.15) is 0 Å². The SMILES string of the molecule is CCCCC(=O)OCOP(=O)(N=C(N)N(C)C(Cc1ccccc1)C(=O)O)OCc1ccccc1. The van der Waals surface area contributed by atoms with E-state index in [0.717, 1.165) is 12.0 Å². The number of unbranched alkanes of at least 4 members (excludes halogenated alkanes) is 1. The van der Waals surface area contributed by atoms with E-state index in [1.54, 1.807) is 48.5 Å². The van der Waals surface area contributed by atoms with Crippen molar-refractivity contribution in [2.75, 3.05) is 13.8 Å². The molecule has 0 radical (unpaired) electrons. The second kappa shape index (κ2) is 14.3. The van der Waals surface area contributed by atoms with Crippen LogP contribution in [-0.2, 0) is 41.0 Å². The fourth-order valence-electron chi connectivity index (χ4n) is 2.96. The van der Waals surface area contributed by atoms with Crippen LogP contribution < -0.4 is 5.73 Å². The summed E-state index contributed by atoms with van der Waals surface area (Å²) in [6.07, 6.45) is 1.79. The minimum absolute atomic E-state index is 0.116. The smallest absolute Gasteiger partial charge is 0.460 e. The van der Waals surface area contributed by atoms with Crippen molar-refractivity contribution in [2.45, 2.75) is 45.3 Å². The van der Waals surface area contributed by atoms with Gasteiger partial charge in [0.1, 0.15) is 6.04 Å². The van der Waals surface area contributed by atoms with Crippen molar-refractivity contribution < 1.29 is 33.0 Å². The lowest BCUT2D eigenvalue weighted by Crippen LogP contribution is -2.47. The van der Waals surface area contributed by atoms with Crippen molar-refractivity contribution >= 4 is 25.6 Å². The number of likely N-dealkylation sites (N-methyl/N-ethyl adjacent to an activating group) is 1. The van der Waals surface area contributed by atoms with Gasteiger partial charge in [-0.15, -0.1) is 4.76 Å². The molecule has 0 amide bonds. The third-order valence-electron chi connectivity index (χ3n) is 5.02. The van der Waals surface area contributed by atoms with Crippen LogP contribution in [0.2, 0.25) is 0 Å². The number of hydrogen-bond donors (Lipinski definition) is 2. The van der Waals surface area contributed by atoms with Crippen LogP contribution in [0.4, 0.5) is 0 Å². The summed E-state index contributed by atoms with van der Waals surface area (Å²) in [6.45, 7) is 1.17. The van der Waals surface area contributed by atoms with E-state index < -0.39 is 32.5 Å². The number of carbonyl (C=O) groups is 2. The fourth-order valence-corrected chi connectivity index (χ4v) is 4.04. The number of aliphatic carboxylic acids is 1. The van der Waals surface area contributed by atoms with Crippen LogP contribution in [-0.4, -0.2) is 47.8 Å². The molecular weight excluding hydrogens is 473 g/mol. The molecule has 10 nitrogen and oxygen atoms in total. The standard InChI is InChI=1S/C24H32N3O7P/c1-3-4-15-22(28)32-18-34-35(31,33-17-20-13-9-6-10-14-20)26-24(25)27(2)21(23(29)30)16-19-11-7-5-8-12-19/h5-14,21H,3-4,15-18H2,1-2H3,(H,29,30)(H2,25,26,31). The number of carboxylic acids is 1. The van der Waals surface area contributed by atoms with Crippen LogP contribution in [0.15, 0.2) is 65.4 Å². The van der Waals surface area contributed by atoms with Crippen LogP contribution in [0.25, 0.3) is 0 Å². The molecule has 0 saturated carbocycles. The van der Waals surface area contributed by atoms with Crippen molar-refractivity contribution in [3.63, 3.8) is 0 Å². The zero-order valence-electron chi connectivity index (χ0n) is 19.9. The van der Waals surface area contributed by atoms with Crippen LogP contribution in [0.3, 0.4) is 0 Å². The summed E-state index contributed by atoms with van der Waals surface area (Å²) in [4.78, 5) is 24.9. The van der Waals surface area contributed by atoms with Gasteiger partial charge in [0, 0.05) is 19.9 Å². The minimum atomic E-state index is -4.28. The van der Waals surface area contributed by atoms with E-state index in [1.165, 1.54) is 11.9 Å². The average Bonchev–Trinajstić information content (AvgIpc) is 2.85. The summed E-state index contributed by atoms with van der Waals surface area (Å²) in [5, 5.41) is 9.74. The third-order valence-corrected chi connectivity index (χ3v) is 6.36. The highest BCUT2D eigenvalue weighted by Crippen LogP contribution is 2.50. The van der Waals surface area contributed by atoms with E-state index in [0.29, 0.717) is 12.0 Å². The normalized spacial score (nSPS) is 14.1. The maximum atomic E-state index is 13.4. The van der Waals surface area contributed by atoms with Crippen molar-refractivity contribution in [3.8, 4) is 0 Å². The van der Waals surface area contributed by atoms with E-state index in [2.05, 4.69) is 4.76 Å². The van der Waals surface area contributed by atoms with Crippen LogP contribution >= 0.6 is 7.75 Å². The van der Waals surface area contributed by atoms with Crippen molar-refractivity contribution in [1.82, 2.24) is 4.90 Å². The Balaban J connectivity index is 2.18. The Labute approximate surface area is 205 Å². The molecule has 0 heterocycles. The van der Waals surface area contributed by atoms with Gasteiger partial charge in [-0.05, 0) is 17.5 Å². The largest absolute Gasteiger partial charge is 0.480 e. The number of ether oxygens (including phenoxy) is 1. The zero-order chi connectivity index (χ0) is 25.7. The highest BCUT2D eigenvalue weighted by molar-refractivity contribution is 7.52. The number of carbonyl (C=O) groups excluding carboxylic acids is 1. The topological polar surface area (TPSA) is 141 Å². The molecule has 0 saturated heterocycles. The first-order valence-corrected chi connectivity index (χ1v) is 12.7. The lowest BCUT2D eigenvalue weighted by Gasteiger charge is -2.26. The molecule has 3 N–H and O–H groups in total. The molecule has 0 spiro atoms. The molecule has 11 heteroatoms. The summed E-state index contributed by atoms with van der Waals surface area (Å²) >= 11 is 0. The van der Waals surface area contributed by atoms with Crippen LogP contribution in [0.1, 0.15) is 37.3 Å². The molecule has 190 valence electrons. The number of esters is 1. The van der Waals surface area contributed by atoms with Gasteiger partial charge in [-0.25, -0.2) is 9.36 Å². The van der Waals surface area contributed by atoms with Gasteiger partial charge in [0.15, 0.2) is 0 Å². The highest BCUT2D eigenvalue weighted by Gasteiger charge is 2.30. The van der Waals surface area contributed by atoms with Gasteiger partial charge in [0.2, 0.25) is 12.8 Å². The Morgan fingerprint density at radius 3 is 2.23 bits per heavy atom. The van der Waals surface area contributed by atoms with E-state index in [1.807, 2.05) is 19.1 Å². The number of nitrogens with zero attached hydrogens (tertiary/aromatic N) is 2. The van der Waals surface area contributed by atoms with Crippen LogP contribution in [0.5, 0.6) is 0 Å². The number of rotatable bonds is 14. The summed E-state index contributed by atoms with van der Waals surface area (Å²) in [5.74, 6) is -2.01. The van der Waals surface area contributed by atoms with Gasteiger partial charge in [0.25, 0.3) is 0 Å². The van der Waals surface area contributed by atoms with E-state index in [-0.39, 0.29) is 25.4 Å².